The van der Waals surface area contributed by atoms with Gasteiger partial charge in [0.05, 0.1) is 9.79 Å². The van der Waals surface area contributed by atoms with Gasteiger partial charge in [0.25, 0.3) is 0 Å². The van der Waals surface area contributed by atoms with Crippen molar-refractivity contribution in [2.24, 2.45) is 5.73 Å². The summed E-state index contributed by atoms with van der Waals surface area (Å²) in [6, 6.07) is 14.2. The molecule has 108 valence electrons. The minimum Gasteiger partial charge on any atom is -0.360 e. The van der Waals surface area contributed by atoms with Crippen LogP contribution in [0.2, 0.25) is 0 Å². The lowest BCUT2D eigenvalue weighted by Gasteiger charge is -2.03. The lowest BCUT2D eigenvalue weighted by Crippen LogP contribution is -2.02. The molecule has 3 N–H and O–H groups in total. The van der Waals surface area contributed by atoms with Gasteiger partial charge in [-0.05, 0) is 36.7 Å². The molecule has 0 aliphatic carbocycles. The fourth-order valence-corrected chi connectivity index (χ4v) is 3.87. The van der Waals surface area contributed by atoms with Gasteiger partial charge in [0.15, 0.2) is 0 Å². The number of hydrogen-bond acceptors (Lipinski definition) is 3. The summed E-state index contributed by atoms with van der Waals surface area (Å²) in [5, 5.41) is 0.708. The largest absolute Gasteiger partial charge is 0.360 e. The molecule has 0 amide bonds. The van der Waals surface area contributed by atoms with Crippen molar-refractivity contribution >= 4 is 20.7 Å². The normalized spacial score (nSPS) is 11.9. The third-order valence-corrected chi connectivity index (χ3v) is 5.29. The van der Waals surface area contributed by atoms with E-state index in [9.17, 15) is 8.42 Å². The second-order valence-electron chi connectivity index (χ2n) is 4.89. The van der Waals surface area contributed by atoms with Gasteiger partial charge in [-0.2, -0.15) is 0 Å². The predicted molar refractivity (Wildman–Crippen MR) is 83.0 cm³/mol. The van der Waals surface area contributed by atoms with Crippen molar-refractivity contribution in [3.8, 4) is 0 Å². The maximum Gasteiger partial charge on any atom is 0.208 e. The van der Waals surface area contributed by atoms with Crippen LogP contribution in [0.4, 0.5) is 0 Å². The Labute approximate surface area is 123 Å². The van der Waals surface area contributed by atoms with Crippen molar-refractivity contribution in [3.05, 3.63) is 60.3 Å². The van der Waals surface area contributed by atoms with E-state index in [2.05, 4.69) is 4.98 Å². The van der Waals surface area contributed by atoms with Crippen LogP contribution in [0, 0.1) is 0 Å². The number of rotatable bonds is 4. The highest BCUT2D eigenvalue weighted by molar-refractivity contribution is 7.91. The van der Waals surface area contributed by atoms with Gasteiger partial charge < -0.3 is 10.7 Å². The predicted octanol–water partition coefficient (Wildman–Crippen LogP) is 2.50. The average molecular weight is 300 g/mol. The Kier molecular flexibility index (Phi) is 3.53. The summed E-state index contributed by atoms with van der Waals surface area (Å²) < 4.78 is 25.4. The van der Waals surface area contributed by atoms with Gasteiger partial charge in [0.1, 0.15) is 0 Å². The van der Waals surface area contributed by atoms with Gasteiger partial charge in [0, 0.05) is 17.1 Å². The number of aromatic amines is 1. The van der Waals surface area contributed by atoms with Crippen molar-refractivity contribution in [1.82, 2.24) is 4.98 Å². The maximum absolute atomic E-state index is 12.7. The third kappa shape index (κ3) is 2.46. The Morgan fingerprint density at radius 3 is 2.52 bits per heavy atom. The molecule has 1 heterocycles. The number of benzene rings is 2. The van der Waals surface area contributed by atoms with Crippen LogP contribution in [-0.4, -0.2) is 19.9 Å². The van der Waals surface area contributed by atoms with Crippen LogP contribution in [0.3, 0.4) is 0 Å². The minimum atomic E-state index is -3.50. The van der Waals surface area contributed by atoms with E-state index in [1.807, 2.05) is 18.2 Å². The Hall–Kier alpha value is -2.11. The van der Waals surface area contributed by atoms with Crippen LogP contribution in [0.15, 0.2) is 64.5 Å². The molecule has 21 heavy (non-hydrogen) atoms. The molecule has 0 bridgehead atoms. The zero-order valence-electron chi connectivity index (χ0n) is 11.4. The topological polar surface area (TPSA) is 76.0 Å². The van der Waals surface area contributed by atoms with Crippen LogP contribution >= 0.6 is 0 Å². The van der Waals surface area contributed by atoms with Crippen molar-refractivity contribution in [1.29, 1.82) is 0 Å². The number of aromatic nitrogens is 1. The maximum atomic E-state index is 12.7. The molecule has 2 aromatic carbocycles. The summed E-state index contributed by atoms with van der Waals surface area (Å²) in [6.45, 7) is 0.571. The zero-order valence-corrected chi connectivity index (χ0v) is 12.2. The highest BCUT2D eigenvalue weighted by Crippen LogP contribution is 2.28. The molecule has 0 unspecified atom stereocenters. The Morgan fingerprint density at radius 1 is 1.05 bits per heavy atom. The lowest BCUT2D eigenvalue weighted by atomic mass is 10.1. The van der Waals surface area contributed by atoms with E-state index < -0.39 is 9.84 Å². The molecule has 0 spiro atoms. The van der Waals surface area contributed by atoms with E-state index in [0.29, 0.717) is 21.7 Å². The fourth-order valence-electron chi connectivity index (χ4n) is 2.42. The second kappa shape index (κ2) is 5.35. The summed E-state index contributed by atoms with van der Waals surface area (Å²) in [6.07, 6.45) is 2.33. The van der Waals surface area contributed by atoms with Crippen LogP contribution in [0.1, 0.15) is 5.56 Å². The van der Waals surface area contributed by atoms with Crippen LogP contribution < -0.4 is 5.73 Å². The Morgan fingerprint density at radius 2 is 1.81 bits per heavy atom. The van der Waals surface area contributed by atoms with E-state index in [1.54, 1.807) is 36.5 Å². The molecule has 5 heteroatoms. The number of sulfone groups is 1. The highest BCUT2D eigenvalue weighted by atomic mass is 32.2. The minimum absolute atomic E-state index is 0.303. The van der Waals surface area contributed by atoms with E-state index in [0.717, 1.165) is 17.5 Å². The van der Waals surface area contributed by atoms with E-state index in [-0.39, 0.29) is 0 Å². The summed E-state index contributed by atoms with van der Waals surface area (Å²) >= 11 is 0. The van der Waals surface area contributed by atoms with Crippen LogP contribution in [-0.2, 0) is 16.3 Å². The summed E-state index contributed by atoms with van der Waals surface area (Å²) in [5.41, 5.74) is 7.46. The van der Waals surface area contributed by atoms with Crippen LogP contribution in [0.25, 0.3) is 10.9 Å². The second-order valence-corrected chi connectivity index (χ2v) is 6.81. The number of H-pyrrole nitrogens is 1. The van der Waals surface area contributed by atoms with Gasteiger partial charge in [0.2, 0.25) is 9.84 Å². The zero-order chi connectivity index (χ0) is 14.9. The monoisotopic (exact) mass is 300 g/mol. The average Bonchev–Trinajstić information content (AvgIpc) is 2.92. The van der Waals surface area contributed by atoms with Crippen molar-refractivity contribution in [3.63, 3.8) is 0 Å². The SMILES string of the molecule is NCCc1ccc2c(S(=O)(=O)c3ccccc3)c[nH]c2c1. The van der Waals surface area contributed by atoms with Crippen molar-refractivity contribution in [2.45, 2.75) is 16.2 Å². The number of fused-ring (bicyclic) bond motifs is 1. The molecular weight excluding hydrogens is 284 g/mol. The Bertz CT molecular complexity index is 868. The van der Waals surface area contributed by atoms with Gasteiger partial charge in [-0.3, -0.25) is 0 Å². The van der Waals surface area contributed by atoms with E-state index in [1.165, 1.54) is 0 Å². The van der Waals surface area contributed by atoms with Gasteiger partial charge in [-0.1, -0.05) is 30.3 Å². The number of nitrogens with one attached hydrogen (secondary N) is 1. The Balaban J connectivity index is 2.13. The molecule has 1 aromatic heterocycles. The third-order valence-electron chi connectivity index (χ3n) is 3.48. The van der Waals surface area contributed by atoms with Gasteiger partial charge in [-0.15, -0.1) is 0 Å². The highest BCUT2D eigenvalue weighted by Gasteiger charge is 2.21. The quantitative estimate of drug-likeness (QED) is 0.777. The summed E-state index contributed by atoms with van der Waals surface area (Å²) in [7, 11) is -3.50. The number of hydrogen-bond donors (Lipinski definition) is 2. The molecule has 4 nitrogen and oxygen atoms in total. The first-order chi connectivity index (χ1) is 10.1. The van der Waals surface area contributed by atoms with Gasteiger partial charge >= 0.3 is 0 Å². The summed E-state index contributed by atoms with van der Waals surface area (Å²) in [4.78, 5) is 3.65. The fraction of sp³-hybridized carbons (Fsp3) is 0.125. The summed E-state index contributed by atoms with van der Waals surface area (Å²) in [5.74, 6) is 0. The number of nitrogens with two attached hydrogens (primary N) is 1. The molecule has 0 fully saturated rings. The molecule has 0 saturated carbocycles. The molecular formula is C16H16N2O2S. The van der Waals surface area contributed by atoms with Gasteiger partial charge in [-0.25, -0.2) is 8.42 Å². The van der Waals surface area contributed by atoms with Crippen molar-refractivity contribution < 1.29 is 8.42 Å². The molecule has 0 atom stereocenters. The molecule has 0 aliphatic heterocycles. The smallest absolute Gasteiger partial charge is 0.208 e. The molecule has 3 aromatic rings. The standard InChI is InChI=1S/C16H16N2O2S/c17-9-8-12-6-7-14-15(10-12)18-11-16(14)21(19,20)13-4-2-1-3-5-13/h1-7,10-11,18H,8-9,17H2. The molecule has 0 radical (unpaired) electrons. The lowest BCUT2D eigenvalue weighted by molar-refractivity contribution is 0.597. The first-order valence-electron chi connectivity index (χ1n) is 6.73. The van der Waals surface area contributed by atoms with Crippen LogP contribution in [0.5, 0.6) is 0 Å². The first kappa shape index (κ1) is 13.9. The van der Waals surface area contributed by atoms with E-state index >= 15 is 0 Å². The van der Waals surface area contributed by atoms with Crippen molar-refractivity contribution in [2.75, 3.05) is 6.54 Å². The molecule has 0 saturated heterocycles. The molecule has 0 aliphatic rings. The molecule has 3 rings (SSSR count). The van der Waals surface area contributed by atoms with E-state index in [4.69, 9.17) is 5.73 Å². The first-order valence-corrected chi connectivity index (χ1v) is 8.21.